The van der Waals surface area contributed by atoms with Crippen molar-refractivity contribution in [2.24, 2.45) is 0 Å². The molecule has 20 heavy (non-hydrogen) atoms. The molecule has 2 heterocycles. The van der Waals surface area contributed by atoms with E-state index in [2.05, 4.69) is 46.6 Å². The zero-order valence-electron chi connectivity index (χ0n) is 11.4. The van der Waals surface area contributed by atoms with Crippen LogP contribution in [-0.2, 0) is 13.1 Å². The normalized spacial score (nSPS) is 11.3. The minimum Gasteiger partial charge on any atom is -0.346 e. The number of nitrogens with one attached hydrogen (secondary N) is 1. The summed E-state index contributed by atoms with van der Waals surface area (Å²) in [6, 6.07) is 10.3. The monoisotopic (exact) mass is 304 g/mol. The zero-order valence-corrected chi connectivity index (χ0v) is 13.0. The first-order valence-corrected chi connectivity index (χ1v) is 7.98. The molecule has 2 aromatic heterocycles. The van der Waals surface area contributed by atoms with E-state index in [1.54, 1.807) is 0 Å². The van der Waals surface area contributed by atoms with Gasteiger partial charge in [-0.3, -0.25) is 0 Å². The quantitative estimate of drug-likeness (QED) is 0.689. The van der Waals surface area contributed by atoms with Crippen LogP contribution in [0.15, 0.2) is 41.9 Å². The molecule has 0 radical (unpaired) electrons. The van der Waals surface area contributed by atoms with Gasteiger partial charge in [0.15, 0.2) is 0 Å². The molecule has 0 amide bonds. The summed E-state index contributed by atoms with van der Waals surface area (Å²) in [5.74, 6) is 0. The Labute approximate surface area is 128 Å². The Morgan fingerprint density at radius 2 is 2.15 bits per heavy atom. The van der Waals surface area contributed by atoms with Crippen molar-refractivity contribution < 1.29 is 0 Å². The van der Waals surface area contributed by atoms with Gasteiger partial charge in [0.25, 0.3) is 0 Å². The maximum atomic E-state index is 6.19. The molecule has 1 aromatic carbocycles. The van der Waals surface area contributed by atoms with E-state index in [4.69, 9.17) is 11.6 Å². The zero-order chi connectivity index (χ0) is 13.9. The smallest absolute Gasteiger partial charge is 0.0499 e. The molecule has 3 aromatic rings. The largest absolute Gasteiger partial charge is 0.346 e. The molecule has 104 valence electrons. The van der Waals surface area contributed by atoms with Crippen LogP contribution in [0.25, 0.3) is 10.9 Å². The van der Waals surface area contributed by atoms with Gasteiger partial charge in [-0.25, -0.2) is 0 Å². The van der Waals surface area contributed by atoms with Crippen molar-refractivity contribution in [3.63, 3.8) is 0 Å². The SMILES string of the molecule is Cc1ccsc1CNCCn1ccc2c(Cl)cccc21. The van der Waals surface area contributed by atoms with Crippen LogP contribution in [0.1, 0.15) is 10.4 Å². The molecule has 0 unspecified atom stereocenters. The van der Waals surface area contributed by atoms with Crippen molar-refractivity contribution in [2.45, 2.75) is 20.0 Å². The Morgan fingerprint density at radius 1 is 1.25 bits per heavy atom. The maximum Gasteiger partial charge on any atom is 0.0499 e. The van der Waals surface area contributed by atoms with Crippen molar-refractivity contribution in [1.82, 2.24) is 9.88 Å². The number of benzene rings is 1. The van der Waals surface area contributed by atoms with Crippen LogP contribution < -0.4 is 5.32 Å². The maximum absolute atomic E-state index is 6.19. The average molecular weight is 305 g/mol. The third-order valence-electron chi connectivity index (χ3n) is 3.54. The van der Waals surface area contributed by atoms with Crippen molar-refractivity contribution in [1.29, 1.82) is 0 Å². The van der Waals surface area contributed by atoms with Crippen LogP contribution in [0.5, 0.6) is 0 Å². The third-order valence-corrected chi connectivity index (χ3v) is 4.90. The average Bonchev–Trinajstić information content (AvgIpc) is 3.03. The van der Waals surface area contributed by atoms with E-state index in [1.165, 1.54) is 16.0 Å². The van der Waals surface area contributed by atoms with Crippen LogP contribution in [0, 0.1) is 6.92 Å². The second-order valence-corrected chi connectivity index (χ2v) is 6.29. The first-order valence-electron chi connectivity index (χ1n) is 6.73. The van der Waals surface area contributed by atoms with Crippen molar-refractivity contribution in [3.8, 4) is 0 Å². The van der Waals surface area contributed by atoms with E-state index in [-0.39, 0.29) is 0 Å². The highest BCUT2D eigenvalue weighted by Gasteiger charge is 2.04. The van der Waals surface area contributed by atoms with Gasteiger partial charge >= 0.3 is 0 Å². The lowest BCUT2D eigenvalue weighted by Crippen LogP contribution is -2.19. The first-order chi connectivity index (χ1) is 9.75. The molecule has 0 saturated heterocycles. The molecule has 0 aliphatic rings. The molecule has 0 aliphatic heterocycles. The number of aryl methyl sites for hydroxylation is 1. The van der Waals surface area contributed by atoms with E-state index >= 15 is 0 Å². The molecule has 0 spiro atoms. The summed E-state index contributed by atoms with van der Waals surface area (Å²) in [5.41, 5.74) is 2.58. The Hall–Kier alpha value is -1.29. The summed E-state index contributed by atoms with van der Waals surface area (Å²) in [5, 5.41) is 7.60. The van der Waals surface area contributed by atoms with Gasteiger partial charge < -0.3 is 9.88 Å². The summed E-state index contributed by atoms with van der Waals surface area (Å²) in [6.45, 7) is 5.01. The molecule has 4 heteroatoms. The molecular weight excluding hydrogens is 288 g/mol. The van der Waals surface area contributed by atoms with E-state index in [9.17, 15) is 0 Å². The van der Waals surface area contributed by atoms with Crippen LogP contribution >= 0.6 is 22.9 Å². The Balaban J connectivity index is 1.60. The summed E-state index contributed by atoms with van der Waals surface area (Å²) >= 11 is 8.00. The number of thiophene rings is 1. The Bertz CT molecular complexity index is 714. The molecule has 0 aliphatic carbocycles. The highest BCUT2D eigenvalue weighted by atomic mass is 35.5. The Morgan fingerprint density at radius 3 is 2.95 bits per heavy atom. The van der Waals surface area contributed by atoms with Crippen molar-refractivity contribution in [3.05, 3.63) is 57.4 Å². The fourth-order valence-corrected chi connectivity index (χ4v) is 3.48. The van der Waals surface area contributed by atoms with Crippen LogP contribution in [0.2, 0.25) is 5.02 Å². The highest BCUT2D eigenvalue weighted by molar-refractivity contribution is 7.10. The number of nitrogens with zero attached hydrogens (tertiary/aromatic N) is 1. The number of hydrogen-bond donors (Lipinski definition) is 1. The predicted molar refractivity (Wildman–Crippen MR) is 87.7 cm³/mol. The number of rotatable bonds is 5. The summed E-state index contributed by atoms with van der Waals surface area (Å²) < 4.78 is 2.25. The van der Waals surface area contributed by atoms with Crippen molar-refractivity contribution >= 4 is 33.8 Å². The second-order valence-electron chi connectivity index (χ2n) is 4.89. The van der Waals surface area contributed by atoms with Gasteiger partial charge in [-0.2, -0.15) is 0 Å². The molecule has 0 fully saturated rings. The van der Waals surface area contributed by atoms with Crippen LogP contribution in [0.4, 0.5) is 0 Å². The summed E-state index contributed by atoms with van der Waals surface area (Å²) in [7, 11) is 0. The Kier molecular flexibility index (Phi) is 4.10. The van der Waals surface area contributed by atoms with Crippen LogP contribution in [-0.4, -0.2) is 11.1 Å². The van der Waals surface area contributed by atoms with E-state index in [0.29, 0.717) is 0 Å². The van der Waals surface area contributed by atoms with Gasteiger partial charge in [-0.1, -0.05) is 17.7 Å². The molecule has 2 nitrogen and oxygen atoms in total. The van der Waals surface area contributed by atoms with E-state index < -0.39 is 0 Å². The molecule has 0 saturated carbocycles. The number of fused-ring (bicyclic) bond motifs is 1. The third kappa shape index (κ3) is 2.75. The lowest BCUT2D eigenvalue weighted by molar-refractivity contribution is 0.612. The summed E-state index contributed by atoms with van der Waals surface area (Å²) in [4.78, 5) is 1.42. The van der Waals surface area contributed by atoms with E-state index in [0.717, 1.165) is 30.0 Å². The van der Waals surface area contributed by atoms with Crippen molar-refractivity contribution in [2.75, 3.05) is 6.54 Å². The van der Waals surface area contributed by atoms with Gasteiger partial charge in [0, 0.05) is 46.6 Å². The predicted octanol–water partition coefficient (Wildman–Crippen LogP) is 4.45. The van der Waals surface area contributed by atoms with Gasteiger partial charge in [-0.05, 0) is 42.1 Å². The minimum absolute atomic E-state index is 0.823. The fourth-order valence-electron chi connectivity index (χ4n) is 2.37. The van der Waals surface area contributed by atoms with Gasteiger partial charge in [0.2, 0.25) is 0 Å². The number of hydrogen-bond acceptors (Lipinski definition) is 2. The van der Waals surface area contributed by atoms with Gasteiger partial charge in [0.1, 0.15) is 0 Å². The van der Waals surface area contributed by atoms with Gasteiger partial charge in [0.05, 0.1) is 0 Å². The molecular formula is C16H17ClN2S. The molecule has 0 bridgehead atoms. The number of aromatic nitrogens is 1. The van der Waals surface area contributed by atoms with Crippen LogP contribution in [0.3, 0.4) is 0 Å². The standard InChI is InChI=1S/C16H17ClN2S/c1-12-6-10-20-16(12)11-18-7-9-19-8-5-13-14(17)3-2-4-15(13)19/h2-6,8,10,18H,7,9,11H2,1H3. The van der Waals surface area contributed by atoms with E-state index in [1.807, 2.05) is 23.5 Å². The highest BCUT2D eigenvalue weighted by Crippen LogP contribution is 2.24. The molecule has 1 N–H and O–H groups in total. The minimum atomic E-state index is 0.823. The molecule has 0 atom stereocenters. The molecule has 3 rings (SSSR count). The number of halogens is 1. The fraction of sp³-hybridized carbons (Fsp3) is 0.250. The second kappa shape index (κ2) is 6.00. The lowest BCUT2D eigenvalue weighted by atomic mass is 10.2. The van der Waals surface area contributed by atoms with Gasteiger partial charge in [-0.15, -0.1) is 11.3 Å². The lowest BCUT2D eigenvalue weighted by Gasteiger charge is -2.07. The first kappa shape index (κ1) is 13.7. The summed E-state index contributed by atoms with van der Waals surface area (Å²) in [6.07, 6.45) is 2.11. The topological polar surface area (TPSA) is 17.0 Å².